The van der Waals surface area contributed by atoms with Crippen LogP contribution < -0.4 is 19.6 Å². The number of esters is 2. The first-order chi connectivity index (χ1) is 23.5. The normalized spacial score (nSPS) is 29.6. The average molecular weight is 709 g/mol. The Morgan fingerprint density at radius 3 is 1.98 bits per heavy atom. The molecular formula is C32H36O18. The van der Waals surface area contributed by atoms with E-state index in [9.17, 15) is 50.1 Å². The molecule has 1 aromatic heterocycles. The lowest BCUT2D eigenvalue weighted by Crippen LogP contribution is -2.59. The van der Waals surface area contributed by atoms with Crippen LogP contribution in [-0.2, 0) is 28.5 Å². The van der Waals surface area contributed by atoms with Crippen LogP contribution in [0.2, 0.25) is 0 Å². The van der Waals surface area contributed by atoms with Crippen molar-refractivity contribution >= 4 is 22.9 Å². The van der Waals surface area contributed by atoms with Crippen molar-refractivity contribution in [1.82, 2.24) is 0 Å². The first-order valence-electron chi connectivity index (χ1n) is 15.2. The monoisotopic (exact) mass is 708 g/mol. The molecule has 2 fully saturated rings. The fourth-order valence-corrected chi connectivity index (χ4v) is 5.65. The second-order valence-electron chi connectivity index (χ2n) is 11.7. The summed E-state index contributed by atoms with van der Waals surface area (Å²) in [5, 5.41) is 73.8. The van der Waals surface area contributed by atoms with Gasteiger partial charge in [0.1, 0.15) is 29.3 Å². The fourth-order valence-electron chi connectivity index (χ4n) is 5.65. The number of aliphatic hydroxyl groups excluding tert-OH is 4. The molecule has 7 N–H and O–H groups in total. The molecule has 3 heterocycles. The third kappa shape index (κ3) is 6.80. The topological polar surface area (TPSA) is 271 Å². The molecule has 18 nitrogen and oxygen atoms in total. The molecule has 272 valence electrons. The first kappa shape index (κ1) is 36.4. The highest BCUT2D eigenvalue weighted by molar-refractivity contribution is 5.91. The maximum absolute atomic E-state index is 14.1. The van der Waals surface area contributed by atoms with Crippen molar-refractivity contribution in [3.05, 3.63) is 34.5 Å². The summed E-state index contributed by atoms with van der Waals surface area (Å²) in [7, 11) is 1.13. The number of benzene rings is 2. The maximum Gasteiger partial charge on any atom is 0.303 e. The van der Waals surface area contributed by atoms with Crippen molar-refractivity contribution in [3.8, 4) is 45.8 Å². The van der Waals surface area contributed by atoms with Crippen molar-refractivity contribution in [2.75, 3.05) is 7.11 Å². The van der Waals surface area contributed by atoms with Gasteiger partial charge in [0.2, 0.25) is 29.5 Å². The lowest BCUT2D eigenvalue weighted by Gasteiger charge is -2.40. The van der Waals surface area contributed by atoms with Crippen LogP contribution in [0, 0.1) is 0 Å². The third-order valence-corrected chi connectivity index (χ3v) is 8.12. The van der Waals surface area contributed by atoms with E-state index in [4.69, 9.17) is 37.6 Å². The summed E-state index contributed by atoms with van der Waals surface area (Å²) in [4.78, 5) is 37.3. The van der Waals surface area contributed by atoms with Gasteiger partial charge in [0, 0.05) is 25.5 Å². The molecule has 0 amide bonds. The molecule has 0 saturated carbocycles. The Morgan fingerprint density at radius 2 is 1.36 bits per heavy atom. The summed E-state index contributed by atoms with van der Waals surface area (Å²) in [5.41, 5.74) is -1.50. The van der Waals surface area contributed by atoms with Gasteiger partial charge in [-0.2, -0.15) is 0 Å². The van der Waals surface area contributed by atoms with Crippen LogP contribution in [0.15, 0.2) is 33.5 Å². The van der Waals surface area contributed by atoms with Crippen LogP contribution in [-0.4, -0.2) is 116 Å². The Labute approximate surface area is 282 Å². The molecule has 0 spiro atoms. The summed E-state index contributed by atoms with van der Waals surface area (Å²) < 4.78 is 44.3. The zero-order valence-electron chi connectivity index (χ0n) is 27.2. The van der Waals surface area contributed by atoms with E-state index in [2.05, 4.69) is 0 Å². The largest absolute Gasteiger partial charge is 0.504 e. The van der Waals surface area contributed by atoms with Gasteiger partial charge in [0.05, 0.1) is 19.3 Å². The molecule has 2 aromatic carbocycles. The van der Waals surface area contributed by atoms with Gasteiger partial charge in [0.25, 0.3) is 0 Å². The fraction of sp³-hybridized carbons (Fsp3) is 0.469. The number of phenolic OH excluding ortho intramolecular Hbond substituents is 3. The predicted octanol–water partition coefficient (Wildman–Crippen LogP) is 0.140. The van der Waals surface area contributed by atoms with Crippen LogP contribution in [0.1, 0.15) is 27.7 Å². The average Bonchev–Trinajstić information content (AvgIpc) is 3.04. The van der Waals surface area contributed by atoms with Gasteiger partial charge in [-0.1, -0.05) is 0 Å². The standard InChI is InChI=1S/C32H36O18/c1-10-20(37)29(47-13(4)34)25(42)32(44-10)49-18-9-17-19(21(38)28(18)43-5)22(39)30(27(48-17)14-6-7-15(35)16(36)8-14)50-31-24(41)23(40)26(11(2)45-31)46-12(3)33/h6-11,20,23-26,29,31-32,35-38,40-42H,1-5H3/t10-,11-,20-,23-,24+,25+,26-,29+,31-,32-/m0/s1. The van der Waals surface area contributed by atoms with Crippen LogP contribution in [0.5, 0.6) is 34.5 Å². The van der Waals surface area contributed by atoms with E-state index in [0.29, 0.717) is 0 Å². The van der Waals surface area contributed by atoms with Gasteiger partial charge in [-0.05, 0) is 32.0 Å². The van der Waals surface area contributed by atoms with Gasteiger partial charge in [-0.15, -0.1) is 0 Å². The molecule has 50 heavy (non-hydrogen) atoms. The highest BCUT2D eigenvalue weighted by Crippen LogP contribution is 2.46. The molecule has 5 rings (SSSR count). The number of carbonyl (C=O) groups excluding carboxylic acids is 2. The molecule has 2 aliphatic heterocycles. The first-order valence-corrected chi connectivity index (χ1v) is 15.2. The second kappa shape index (κ2) is 14.2. The summed E-state index contributed by atoms with van der Waals surface area (Å²) in [6, 6.07) is 4.44. The Morgan fingerprint density at radius 1 is 0.740 bits per heavy atom. The molecule has 0 radical (unpaired) electrons. The number of methoxy groups -OCH3 is 1. The van der Waals surface area contributed by atoms with E-state index in [1.54, 1.807) is 0 Å². The summed E-state index contributed by atoms with van der Waals surface area (Å²) in [5.74, 6) is -5.45. The lowest BCUT2D eigenvalue weighted by molar-refractivity contribution is -0.272. The molecule has 18 heteroatoms. The second-order valence-corrected chi connectivity index (χ2v) is 11.7. The molecule has 0 bridgehead atoms. The number of fused-ring (bicyclic) bond motifs is 1. The SMILES string of the molecule is COc1c(O[C@@H]2O[C@@H](C)[C@H](O)[C@@H](OC(C)=O)[C@H]2O)cc2oc(-c3ccc(O)c(O)c3)c(O[C@@H]3O[C@@H](C)[C@H](OC(C)=O)[C@@H](O)[C@H]3O)c(=O)c2c1O. The number of aliphatic hydroxyl groups is 4. The summed E-state index contributed by atoms with van der Waals surface area (Å²) in [6.07, 6.45) is -15.0. The lowest BCUT2D eigenvalue weighted by atomic mass is 9.99. The van der Waals surface area contributed by atoms with E-state index in [0.717, 1.165) is 39.2 Å². The minimum absolute atomic E-state index is 0.0539. The van der Waals surface area contributed by atoms with Crippen molar-refractivity contribution in [2.45, 2.75) is 89.1 Å². The number of rotatable bonds is 8. The van der Waals surface area contributed by atoms with Crippen LogP contribution in [0.4, 0.5) is 0 Å². The smallest absolute Gasteiger partial charge is 0.303 e. The molecule has 10 atom stereocenters. The molecule has 3 aromatic rings. The van der Waals surface area contributed by atoms with Gasteiger partial charge in [-0.3, -0.25) is 14.4 Å². The van der Waals surface area contributed by atoms with E-state index in [1.807, 2.05) is 0 Å². The minimum atomic E-state index is -1.88. The molecule has 0 unspecified atom stereocenters. The van der Waals surface area contributed by atoms with Crippen molar-refractivity contribution in [3.63, 3.8) is 0 Å². The number of phenols is 3. The number of hydrogen-bond donors (Lipinski definition) is 7. The predicted molar refractivity (Wildman–Crippen MR) is 165 cm³/mol. The van der Waals surface area contributed by atoms with E-state index < -0.39 is 119 Å². The van der Waals surface area contributed by atoms with Gasteiger partial charge < -0.3 is 73.3 Å². The van der Waals surface area contributed by atoms with E-state index in [1.165, 1.54) is 19.9 Å². The molecule has 2 aliphatic rings. The Hall–Kier alpha value is -4.85. The Bertz CT molecular complexity index is 1820. The summed E-state index contributed by atoms with van der Waals surface area (Å²) in [6.45, 7) is 5.03. The minimum Gasteiger partial charge on any atom is -0.504 e. The van der Waals surface area contributed by atoms with Crippen molar-refractivity contribution in [2.24, 2.45) is 0 Å². The Kier molecular flexibility index (Phi) is 10.3. The van der Waals surface area contributed by atoms with Crippen molar-refractivity contribution in [1.29, 1.82) is 0 Å². The zero-order chi connectivity index (χ0) is 36.8. The molecule has 2 saturated heterocycles. The third-order valence-electron chi connectivity index (χ3n) is 8.12. The van der Waals surface area contributed by atoms with Gasteiger partial charge in [0.15, 0.2) is 47.1 Å². The highest BCUT2D eigenvalue weighted by atomic mass is 16.7. The van der Waals surface area contributed by atoms with Crippen LogP contribution in [0.3, 0.4) is 0 Å². The summed E-state index contributed by atoms with van der Waals surface area (Å²) >= 11 is 0. The van der Waals surface area contributed by atoms with Gasteiger partial charge in [-0.25, -0.2) is 0 Å². The van der Waals surface area contributed by atoms with Crippen molar-refractivity contribution < 1.29 is 82.9 Å². The molecule has 0 aliphatic carbocycles. The van der Waals surface area contributed by atoms with E-state index in [-0.39, 0.29) is 16.9 Å². The zero-order valence-corrected chi connectivity index (χ0v) is 27.2. The number of aromatic hydroxyl groups is 3. The van der Waals surface area contributed by atoms with Crippen LogP contribution in [0.25, 0.3) is 22.3 Å². The van der Waals surface area contributed by atoms with E-state index >= 15 is 0 Å². The number of ether oxygens (including phenoxy) is 7. The Balaban J connectivity index is 1.63. The highest BCUT2D eigenvalue weighted by Gasteiger charge is 2.48. The number of carbonyl (C=O) groups is 2. The molecular weight excluding hydrogens is 672 g/mol. The number of hydrogen-bond acceptors (Lipinski definition) is 18. The maximum atomic E-state index is 14.1. The van der Waals surface area contributed by atoms with Crippen LogP contribution >= 0.6 is 0 Å². The quantitative estimate of drug-likeness (QED) is 0.121. The van der Waals surface area contributed by atoms with Gasteiger partial charge >= 0.3 is 11.9 Å².